The van der Waals surface area contributed by atoms with E-state index in [1.807, 2.05) is 0 Å². The van der Waals surface area contributed by atoms with Crippen LogP contribution in [0.15, 0.2) is 35.0 Å². The number of imide groups is 3. The van der Waals surface area contributed by atoms with E-state index >= 15 is 0 Å². The van der Waals surface area contributed by atoms with Crippen molar-refractivity contribution in [2.45, 2.75) is 6.42 Å². The molecule has 0 spiro atoms. The van der Waals surface area contributed by atoms with Crippen LogP contribution < -0.4 is 0 Å². The first kappa shape index (κ1) is 11.5. The molecule has 5 aliphatic rings. The second-order valence-corrected chi connectivity index (χ2v) is 6.45. The van der Waals surface area contributed by atoms with Crippen LogP contribution in [0.1, 0.15) is 17.0 Å². The van der Waals surface area contributed by atoms with Crippen LogP contribution in [-0.2, 0) is 9.59 Å². The quantitative estimate of drug-likeness (QED) is 0.578. The first-order valence-electron chi connectivity index (χ1n) is 7.32. The molecule has 6 rings (SSSR count). The summed E-state index contributed by atoms with van der Waals surface area (Å²) in [6.07, 6.45) is 6.66. The van der Waals surface area contributed by atoms with Crippen molar-refractivity contribution in [1.29, 1.82) is 0 Å². The summed E-state index contributed by atoms with van der Waals surface area (Å²) in [5.74, 6) is -0.587. The number of rotatable bonds is 1. The predicted octanol–water partition coefficient (Wildman–Crippen LogP) is 1.47. The van der Waals surface area contributed by atoms with Gasteiger partial charge in [-0.2, -0.15) is 0 Å². The molecule has 1 aromatic heterocycles. The fraction of sp³-hybridized carbons (Fsp3) is 0.438. The summed E-state index contributed by atoms with van der Waals surface area (Å²) in [5, 5.41) is 0. The van der Waals surface area contributed by atoms with Gasteiger partial charge in [0, 0.05) is 0 Å². The maximum atomic E-state index is 12.6. The zero-order valence-corrected chi connectivity index (χ0v) is 11.1. The molecule has 2 bridgehead atoms. The molecule has 0 aromatic carbocycles. The van der Waals surface area contributed by atoms with Crippen LogP contribution in [0.4, 0.5) is 0 Å². The highest BCUT2D eigenvalue weighted by Crippen LogP contribution is 2.65. The third-order valence-corrected chi connectivity index (χ3v) is 5.60. The zero-order chi connectivity index (χ0) is 14.3. The van der Waals surface area contributed by atoms with Gasteiger partial charge in [-0.1, -0.05) is 12.2 Å². The molecule has 1 saturated heterocycles. The summed E-state index contributed by atoms with van der Waals surface area (Å²) in [4.78, 5) is 38.5. The Hall–Kier alpha value is -2.17. The van der Waals surface area contributed by atoms with Gasteiger partial charge < -0.3 is 4.42 Å². The zero-order valence-electron chi connectivity index (χ0n) is 11.1. The molecule has 3 amide bonds. The van der Waals surface area contributed by atoms with Gasteiger partial charge in [0.05, 0.1) is 18.1 Å². The Labute approximate surface area is 120 Å². The Bertz CT molecular complexity index is 668. The summed E-state index contributed by atoms with van der Waals surface area (Å²) in [7, 11) is 0. The molecule has 0 unspecified atom stereocenters. The summed E-state index contributed by atoms with van der Waals surface area (Å²) in [6.45, 7) is 0. The number of carbonyl (C=O) groups is 3. The van der Waals surface area contributed by atoms with Crippen molar-refractivity contribution in [1.82, 2.24) is 4.90 Å². The first-order chi connectivity index (χ1) is 10.2. The molecule has 2 heterocycles. The lowest BCUT2D eigenvalue weighted by molar-refractivity contribution is -0.136. The molecule has 2 saturated carbocycles. The van der Waals surface area contributed by atoms with Crippen LogP contribution in [0.5, 0.6) is 0 Å². The van der Waals surface area contributed by atoms with E-state index in [1.165, 1.54) is 12.3 Å². The molecule has 4 aliphatic carbocycles. The van der Waals surface area contributed by atoms with Crippen molar-refractivity contribution in [3.8, 4) is 0 Å². The van der Waals surface area contributed by atoms with Crippen LogP contribution in [0.25, 0.3) is 0 Å². The highest BCUT2D eigenvalue weighted by atomic mass is 16.3. The maximum absolute atomic E-state index is 12.6. The Morgan fingerprint density at radius 1 is 1.10 bits per heavy atom. The third kappa shape index (κ3) is 1.25. The number of amides is 3. The molecule has 21 heavy (non-hydrogen) atoms. The van der Waals surface area contributed by atoms with E-state index in [2.05, 4.69) is 12.2 Å². The van der Waals surface area contributed by atoms with Gasteiger partial charge in [0.2, 0.25) is 11.8 Å². The Morgan fingerprint density at radius 2 is 1.71 bits per heavy atom. The molecule has 0 radical (unpaired) electrons. The average molecular weight is 283 g/mol. The Kier molecular flexibility index (Phi) is 1.93. The fourth-order valence-electron chi connectivity index (χ4n) is 4.67. The van der Waals surface area contributed by atoms with E-state index in [0.717, 1.165) is 11.3 Å². The minimum atomic E-state index is -0.627. The van der Waals surface area contributed by atoms with Crippen molar-refractivity contribution in [2.24, 2.45) is 35.5 Å². The third-order valence-electron chi connectivity index (χ3n) is 5.60. The van der Waals surface area contributed by atoms with Crippen molar-refractivity contribution >= 4 is 17.7 Å². The lowest BCUT2D eigenvalue weighted by atomic mass is 9.63. The van der Waals surface area contributed by atoms with Crippen molar-refractivity contribution in [2.75, 3.05) is 0 Å². The highest BCUT2D eigenvalue weighted by molar-refractivity contribution is 6.21. The number of nitrogens with zero attached hydrogens (tertiary/aromatic N) is 1. The van der Waals surface area contributed by atoms with Gasteiger partial charge in [-0.3, -0.25) is 14.4 Å². The minimum absolute atomic E-state index is 0.0424. The van der Waals surface area contributed by atoms with Crippen LogP contribution in [0.3, 0.4) is 0 Å². The van der Waals surface area contributed by atoms with Crippen LogP contribution in [0, 0.1) is 35.5 Å². The molecule has 1 aliphatic heterocycles. The largest absolute Gasteiger partial charge is 0.459 e. The number of furan rings is 1. The second kappa shape index (κ2) is 3.53. The van der Waals surface area contributed by atoms with Gasteiger partial charge in [-0.25, -0.2) is 4.90 Å². The Balaban J connectivity index is 1.56. The van der Waals surface area contributed by atoms with E-state index in [0.29, 0.717) is 11.8 Å². The number of allylic oxidation sites excluding steroid dienone is 2. The number of hydrogen-bond acceptors (Lipinski definition) is 4. The molecule has 6 atom stereocenters. The van der Waals surface area contributed by atoms with Gasteiger partial charge in [-0.05, 0) is 42.2 Å². The van der Waals surface area contributed by atoms with E-state index < -0.39 is 5.91 Å². The summed E-state index contributed by atoms with van der Waals surface area (Å²) in [6, 6.07) is 3.06. The Morgan fingerprint density at radius 3 is 2.24 bits per heavy atom. The highest BCUT2D eigenvalue weighted by Gasteiger charge is 2.67. The SMILES string of the molecule is O=C(c1ccco1)N1C(=O)[C@@H]2[C@H]3C=C[C@@H]([C@@H]4C[C@@H]34)[C@@H]2C1=O. The van der Waals surface area contributed by atoms with E-state index in [1.54, 1.807) is 6.07 Å². The summed E-state index contributed by atoms with van der Waals surface area (Å²) >= 11 is 0. The van der Waals surface area contributed by atoms with E-state index in [-0.39, 0.29) is 41.2 Å². The molecule has 3 fully saturated rings. The number of hydrogen-bond donors (Lipinski definition) is 0. The van der Waals surface area contributed by atoms with Gasteiger partial charge in [-0.15, -0.1) is 0 Å². The monoisotopic (exact) mass is 283 g/mol. The number of likely N-dealkylation sites (tertiary alicyclic amines) is 1. The molecule has 106 valence electrons. The molecular weight excluding hydrogens is 270 g/mol. The number of carbonyl (C=O) groups excluding carboxylic acids is 3. The second-order valence-electron chi connectivity index (χ2n) is 6.45. The smallest absolute Gasteiger partial charge is 0.303 e. The van der Waals surface area contributed by atoms with Crippen LogP contribution >= 0.6 is 0 Å². The van der Waals surface area contributed by atoms with Crippen LogP contribution in [-0.4, -0.2) is 22.6 Å². The lowest BCUT2D eigenvalue weighted by Crippen LogP contribution is -2.40. The normalized spacial score (nSPS) is 42.2. The standard InChI is InChI=1S/C16H13NO4/c18-14(11-2-1-5-21-11)17-15(19)12-7-3-4-8(10-6-9(7)10)13(12)16(17)20/h1-5,7-10,12-13H,6H2/t7-,8-,9-,10-,12-,13+/m0/s1. The minimum Gasteiger partial charge on any atom is -0.459 e. The van der Waals surface area contributed by atoms with Crippen molar-refractivity contribution in [3.05, 3.63) is 36.3 Å². The van der Waals surface area contributed by atoms with Crippen LogP contribution in [0.2, 0.25) is 0 Å². The molecule has 1 aromatic rings. The average Bonchev–Trinajstić information content (AvgIpc) is 3.06. The van der Waals surface area contributed by atoms with Gasteiger partial charge >= 0.3 is 5.91 Å². The molecule has 5 heteroatoms. The van der Waals surface area contributed by atoms with Gasteiger partial charge in [0.25, 0.3) is 0 Å². The topological polar surface area (TPSA) is 67.6 Å². The fourth-order valence-corrected chi connectivity index (χ4v) is 4.67. The molecule has 0 N–H and O–H groups in total. The summed E-state index contributed by atoms with van der Waals surface area (Å²) < 4.78 is 5.05. The van der Waals surface area contributed by atoms with Crippen molar-refractivity contribution in [3.63, 3.8) is 0 Å². The molecular formula is C16H13NO4. The predicted molar refractivity (Wildman–Crippen MR) is 69.6 cm³/mol. The summed E-state index contributed by atoms with van der Waals surface area (Å²) in [5.41, 5.74) is 0. The van der Waals surface area contributed by atoms with E-state index in [4.69, 9.17) is 4.42 Å². The van der Waals surface area contributed by atoms with E-state index in [9.17, 15) is 14.4 Å². The van der Waals surface area contributed by atoms with Gasteiger partial charge in [0.1, 0.15) is 0 Å². The van der Waals surface area contributed by atoms with Crippen molar-refractivity contribution < 1.29 is 18.8 Å². The van der Waals surface area contributed by atoms with Gasteiger partial charge in [0.15, 0.2) is 5.76 Å². The lowest BCUT2D eigenvalue weighted by Gasteiger charge is -2.37. The first-order valence-corrected chi connectivity index (χ1v) is 7.32. The maximum Gasteiger partial charge on any atom is 0.303 e. The molecule has 5 nitrogen and oxygen atoms in total.